The van der Waals surface area contributed by atoms with E-state index in [-0.39, 0.29) is 18.0 Å². The Morgan fingerprint density at radius 2 is 2.23 bits per heavy atom. The molecule has 4 unspecified atom stereocenters. The van der Waals surface area contributed by atoms with E-state index < -0.39 is 11.9 Å². The molecule has 1 N–H and O–H groups in total. The summed E-state index contributed by atoms with van der Waals surface area (Å²) in [5.74, 6) is -1.73. The Hall–Kier alpha value is -1.06. The summed E-state index contributed by atoms with van der Waals surface area (Å²) in [6.07, 6.45) is 1.29. The molecule has 2 rings (SSSR count). The summed E-state index contributed by atoms with van der Waals surface area (Å²) in [4.78, 5) is 21.8. The second-order valence-electron chi connectivity index (χ2n) is 4.02. The van der Waals surface area contributed by atoms with Gasteiger partial charge in [-0.25, -0.2) is 0 Å². The average molecular weight is 184 g/mol. The van der Waals surface area contributed by atoms with E-state index in [9.17, 15) is 9.59 Å². The number of hydrogen-bond donors (Lipinski definition) is 1. The first-order valence-corrected chi connectivity index (χ1v) is 4.53. The number of carboxylic acid groups (broad SMARTS) is 1. The SMILES string of the molecule is CC1CC2OC(=O)C2C(C(=O)O)C1. The molecule has 0 aromatic heterocycles. The number of carbonyl (C=O) groups is 2. The average Bonchev–Trinajstić information content (AvgIpc) is 2.01. The Kier molecular flexibility index (Phi) is 1.78. The molecule has 1 saturated heterocycles. The van der Waals surface area contributed by atoms with Crippen molar-refractivity contribution in [2.45, 2.75) is 25.9 Å². The van der Waals surface area contributed by atoms with Crippen LogP contribution < -0.4 is 0 Å². The van der Waals surface area contributed by atoms with Gasteiger partial charge < -0.3 is 9.84 Å². The first kappa shape index (κ1) is 8.53. The van der Waals surface area contributed by atoms with E-state index in [0.29, 0.717) is 12.3 Å². The van der Waals surface area contributed by atoms with Crippen LogP contribution in [0.25, 0.3) is 0 Å². The number of hydrogen-bond acceptors (Lipinski definition) is 3. The number of rotatable bonds is 1. The second kappa shape index (κ2) is 2.72. The highest BCUT2D eigenvalue weighted by atomic mass is 16.6. The van der Waals surface area contributed by atoms with Crippen molar-refractivity contribution in [1.29, 1.82) is 0 Å². The smallest absolute Gasteiger partial charge is 0.313 e. The molecule has 0 radical (unpaired) electrons. The van der Waals surface area contributed by atoms with Crippen LogP contribution in [0.5, 0.6) is 0 Å². The Labute approximate surface area is 75.9 Å². The van der Waals surface area contributed by atoms with Crippen molar-refractivity contribution >= 4 is 11.9 Å². The topological polar surface area (TPSA) is 63.6 Å². The fourth-order valence-corrected chi connectivity index (χ4v) is 2.33. The summed E-state index contributed by atoms with van der Waals surface area (Å²) >= 11 is 0. The van der Waals surface area contributed by atoms with E-state index in [4.69, 9.17) is 9.84 Å². The van der Waals surface area contributed by atoms with Gasteiger partial charge in [-0.1, -0.05) is 6.92 Å². The van der Waals surface area contributed by atoms with Crippen LogP contribution in [0.1, 0.15) is 19.8 Å². The number of esters is 1. The number of carbonyl (C=O) groups excluding carboxylic acids is 1. The highest BCUT2D eigenvalue weighted by molar-refractivity contribution is 5.85. The zero-order valence-corrected chi connectivity index (χ0v) is 7.40. The molecule has 0 spiro atoms. The van der Waals surface area contributed by atoms with Gasteiger partial charge in [0.05, 0.1) is 5.92 Å². The molecule has 72 valence electrons. The third-order valence-electron chi connectivity index (χ3n) is 2.98. The fraction of sp³-hybridized carbons (Fsp3) is 0.778. The Morgan fingerprint density at radius 1 is 1.54 bits per heavy atom. The van der Waals surface area contributed by atoms with Crippen LogP contribution in [0.2, 0.25) is 0 Å². The lowest BCUT2D eigenvalue weighted by atomic mass is 9.70. The predicted octanol–water partition coefficient (Wildman–Crippen LogP) is 0.659. The molecule has 0 bridgehead atoms. The van der Waals surface area contributed by atoms with Crippen LogP contribution >= 0.6 is 0 Å². The minimum Gasteiger partial charge on any atom is -0.481 e. The van der Waals surface area contributed by atoms with Crippen molar-refractivity contribution in [3.63, 3.8) is 0 Å². The van der Waals surface area contributed by atoms with Crippen molar-refractivity contribution in [3.8, 4) is 0 Å². The van der Waals surface area contributed by atoms with Crippen LogP contribution in [0.15, 0.2) is 0 Å². The standard InChI is InChI=1S/C9H12O4/c1-4-2-5(8(10)11)7-6(3-4)13-9(7)12/h4-7H,2-3H2,1H3,(H,10,11). The van der Waals surface area contributed by atoms with Crippen molar-refractivity contribution in [1.82, 2.24) is 0 Å². The van der Waals surface area contributed by atoms with Crippen LogP contribution in [0.4, 0.5) is 0 Å². The van der Waals surface area contributed by atoms with Crippen LogP contribution in [-0.4, -0.2) is 23.1 Å². The number of carboxylic acids is 1. The van der Waals surface area contributed by atoms with Crippen LogP contribution in [0, 0.1) is 17.8 Å². The highest BCUT2D eigenvalue weighted by Crippen LogP contribution is 2.42. The first-order chi connectivity index (χ1) is 6.09. The van der Waals surface area contributed by atoms with Gasteiger partial charge >= 0.3 is 11.9 Å². The Balaban J connectivity index is 2.15. The lowest BCUT2D eigenvalue weighted by Gasteiger charge is -2.44. The summed E-state index contributed by atoms with van der Waals surface area (Å²) in [6, 6.07) is 0. The molecule has 1 aliphatic carbocycles. The Bertz CT molecular complexity index is 260. The number of ether oxygens (including phenoxy) is 1. The van der Waals surface area contributed by atoms with E-state index in [2.05, 4.69) is 0 Å². The molecule has 0 aromatic carbocycles. The maximum absolute atomic E-state index is 11.0. The largest absolute Gasteiger partial charge is 0.481 e. The van der Waals surface area contributed by atoms with Crippen molar-refractivity contribution in [3.05, 3.63) is 0 Å². The molecule has 0 amide bonds. The zero-order chi connectivity index (χ0) is 9.59. The molecule has 4 atom stereocenters. The summed E-state index contributed by atoms with van der Waals surface area (Å²) in [5, 5.41) is 8.89. The van der Waals surface area contributed by atoms with E-state index in [1.165, 1.54) is 0 Å². The lowest BCUT2D eigenvalue weighted by Crippen LogP contribution is -2.54. The third-order valence-corrected chi connectivity index (χ3v) is 2.98. The van der Waals surface area contributed by atoms with Gasteiger partial charge in [-0.3, -0.25) is 9.59 Å². The van der Waals surface area contributed by atoms with Gasteiger partial charge in [-0.05, 0) is 18.8 Å². The van der Waals surface area contributed by atoms with Gasteiger partial charge in [0.2, 0.25) is 0 Å². The molecule has 0 aromatic rings. The maximum Gasteiger partial charge on any atom is 0.313 e. The second-order valence-corrected chi connectivity index (χ2v) is 4.02. The molecular formula is C9H12O4. The van der Waals surface area contributed by atoms with E-state index in [1.54, 1.807) is 0 Å². The highest BCUT2D eigenvalue weighted by Gasteiger charge is 2.53. The number of aliphatic carboxylic acids is 1. The molecule has 1 saturated carbocycles. The molecule has 13 heavy (non-hydrogen) atoms. The molecule has 2 aliphatic rings. The molecule has 1 aliphatic heterocycles. The van der Waals surface area contributed by atoms with E-state index >= 15 is 0 Å². The van der Waals surface area contributed by atoms with E-state index in [1.807, 2.05) is 6.92 Å². The Morgan fingerprint density at radius 3 is 2.77 bits per heavy atom. The molecule has 4 nitrogen and oxygen atoms in total. The minimum absolute atomic E-state index is 0.127. The van der Waals surface area contributed by atoms with Crippen molar-refractivity contribution in [2.24, 2.45) is 17.8 Å². The van der Waals surface area contributed by atoms with Gasteiger partial charge in [0.1, 0.15) is 12.0 Å². The fourth-order valence-electron chi connectivity index (χ4n) is 2.33. The van der Waals surface area contributed by atoms with Gasteiger partial charge in [-0.15, -0.1) is 0 Å². The summed E-state index contributed by atoms with van der Waals surface area (Å²) < 4.78 is 4.89. The lowest BCUT2D eigenvalue weighted by molar-refractivity contribution is -0.203. The molecule has 1 heterocycles. The number of fused-ring (bicyclic) bond motifs is 1. The molecule has 2 fully saturated rings. The normalized spacial score (nSPS) is 43.0. The van der Waals surface area contributed by atoms with Gasteiger partial charge in [-0.2, -0.15) is 0 Å². The third kappa shape index (κ3) is 1.20. The molecular weight excluding hydrogens is 172 g/mol. The van der Waals surface area contributed by atoms with Gasteiger partial charge in [0.25, 0.3) is 0 Å². The molecule has 4 heteroatoms. The quantitative estimate of drug-likeness (QED) is 0.608. The van der Waals surface area contributed by atoms with Crippen LogP contribution in [0.3, 0.4) is 0 Å². The van der Waals surface area contributed by atoms with E-state index in [0.717, 1.165) is 6.42 Å². The maximum atomic E-state index is 11.0. The van der Waals surface area contributed by atoms with Crippen molar-refractivity contribution in [2.75, 3.05) is 0 Å². The van der Waals surface area contributed by atoms with Crippen LogP contribution in [-0.2, 0) is 14.3 Å². The van der Waals surface area contributed by atoms with Crippen molar-refractivity contribution < 1.29 is 19.4 Å². The van der Waals surface area contributed by atoms with Gasteiger partial charge in [0.15, 0.2) is 0 Å². The summed E-state index contributed by atoms with van der Waals surface area (Å²) in [6.45, 7) is 2.00. The minimum atomic E-state index is -0.863. The van der Waals surface area contributed by atoms with Gasteiger partial charge in [0, 0.05) is 0 Å². The first-order valence-electron chi connectivity index (χ1n) is 4.53. The predicted molar refractivity (Wildman–Crippen MR) is 42.9 cm³/mol. The summed E-state index contributed by atoms with van der Waals surface area (Å²) in [5.41, 5.74) is 0. The zero-order valence-electron chi connectivity index (χ0n) is 7.40. The monoisotopic (exact) mass is 184 g/mol. The summed E-state index contributed by atoms with van der Waals surface area (Å²) in [7, 11) is 0.